The Bertz CT molecular complexity index is 457. The Balaban J connectivity index is 1.80. The molecule has 0 aromatic carbocycles. The van der Waals surface area contributed by atoms with Gasteiger partial charge in [0.25, 0.3) is 0 Å². The number of rotatable bonds is 0. The molecule has 4 aliphatic carbocycles. The van der Waals surface area contributed by atoms with Crippen LogP contribution in [0.1, 0.15) is 79.1 Å². The van der Waals surface area contributed by atoms with Crippen LogP contribution in [-0.4, -0.2) is 0 Å². The number of allylic oxidation sites excluding steroid dienone is 2. The fraction of sp³-hybridized carbons (Fsp3) is 0.900. The lowest BCUT2D eigenvalue weighted by Gasteiger charge is -2.64. The highest BCUT2D eigenvalue weighted by atomic mass is 14.7. The lowest BCUT2D eigenvalue weighted by Crippen LogP contribution is -2.56. The summed E-state index contributed by atoms with van der Waals surface area (Å²) in [7, 11) is 0. The Kier molecular flexibility index (Phi) is 2.63. The van der Waals surface area contributed by atoms with Crippen molar-refractivity contribution in [3.8, 4) is 0 Å². The van der Waals surface area contributed by atoms with Gasteiger partial charge in [0.2, 0.25) is 0 Å². The van der Waals surface area contributed by atoms with Crippen LogP contribution < -0.4 is 0 Å². The topological polar surface area (TPSA) is 0 Å². The first kappa shape index (κ1) is 13.4. The molecule has 5 atom stereocenters. The van der Waals surface area contributed by atoms with Crippen LogP contribution >= 0.6 is 0 Å². The summed E-state index contributed by atoms with van der Waals surface area (Å²) >= 11 is 0. The zero-order valence-electron chi connectivity index (χ0n) is 14.0. The van der Waals surface area contributed by atoms with Crippen LogP contribution in [0.2, 0.25) is 0 Å². The van der Waals surface area contributed by atoms with Crippen LogP contribution in [0.5, 0.6) is 0 Å². The molecular weight excluding hydrogens is 240 g/mol. The molecule has 0 unspecified atom stereocenters. The molecule has 0 amide bonds. The van der Waals surface area contributed by atoms with Crippen LogP contribution in [0.25, 0.3) is 0 Å². The first-order valence-corrected chi connectivity index (χ1v) is 9.06. The smallest absolute Gasteiger partial charge is 0.0172 e. The van der Waals surface area contributed by atoms with Crippen molar-refractivity contribution in [2.24, 2.45) is 34.0 Å². The molecule has 112 valence electrons. The summed E-state index contributed by atoms with van der Waals surface area (Å²) in [5.41, 5.74) is 3.61. The van der Waals surface area contributed by atoms with Crippen LogP contribution in [-0.2, 0) is 0 Å². The van der Waals surface area contributed by atoms with Crippen molar-refractivity contribution in [2.75, 3.05) is 0 Å². The predicted molar refractivity (Wildman–Crippen MR) is 85.5 cm³/mol. The first-order chi connectivity index (χ1) is 9.39. The van der Waals surface area contributed by atoms with Crippen molar-refractivity contribution < 1.29 is 0 Å². The highest BCUT2D eigenvalue weighted by Gasteiger charge is 2.65. The molecule has 20 heavy (non-hydrogen) atoms. The van der Waals surface area contributed by atoms with Gasteiger partial charge in [-0.25, -0.2) is 0 Å². The van der Waals surface area contributed by atoms with Crippen LogP contribution in [0.15, 0.2) is 11.6 Å². The van der Waals surface area contributed by atoms with Crippen molar-refractivity contribution in [1.82, 2.24) is 0 Å². The average Bonchev–Trinajstić information content (AvgIpc) is 2.70. The second-order valence-corrected chi connectivity index (χ2v) is 9.53. The minimum Gasteiger partial charge on any atom is -0.0847 e. The van der Waals surface area contributed by atoms with E-state index in [-0.39, 0.29) is 0 Å². The fourth-order valence-electron chi connectivity index (χ4n) is 7.49. The van der Waals surface area contributed by atoms with Crippen molar-refractivity contribution in [2.45, 2.75) is 79.1 Å². The maximum atomic E-state index is 2.71. The molecule has 3 saturated carbocycles. The van der Waals surface area contributed by atoms with Crippen LogP contribution in [0, 0.1) is 34.0 Å². The van der Waals surface area contributed by atoms with Gasteiger partial charge in [0.15, 0.2) is 0 Å². The van der Waals surface area contributed by atoms with Gasteiger partial charge in [0, 0.05) is 0 Å². The molecule has 0 nitrogen and oxygen atoms in total. The zero-order valence-corrected chi connectivity index (χ0v) is 14.0. The van der Waals surface area contributed by atoms with E-state index < -0.39 is 0 Å². The van der Waals surface area contributed by atoms with E-state index in [0.717, 1.165) is 17.8 Å². The van der Waals surface area contributed by atoms with Gasteiger partial charge in [0.05, 0.1) is 0 Å². The Morgan fingerprint density at radius 1 is 1.10 bits per heavy atom. The molecule has 2 bridgehead atoms. The van der Waals surface area contributed by atoms with Gasteiger partial charge in [-0.15, -0.1) is 0 Å². The molecule has 0 aromatic rings. The largest absolute Gasteiger partial charge is 0.0847 e. The molecule has 0 heteroatoms. The third-order valence-corrected chi connectivity index (χ3v) is 8.56. The van der Waals surface area contributed by atoms with E-state index in [1.807, 2.05) is 0 Å². The summed E-state index contributed by atoms with van der Waals surface area (Å²) in [5.74, 6) is 2.95. The van der Waals surface area contributed by atoms with Crippen LogP contribution in [0.4, 0.5) is 0 Å². The monoisotopic (exact) mass is 272 g/mol. The number of fused-ring (bicyclic) bond motifs is 2. The maximum Gasteiger partial charge on any atom is -0.0172 e. The van der Waals surface area contributed by atoms with Gasteiger partial charge in [-0.1, -0.05) is 38.8 Å². The quantitative estimate of drug-likeness (QED) is 0.476. The van der Waals surface area contributed by atoms with E-state index in [9.17, 15) is 0 Å². The van der Waals surface area contributed by atoms with Crippen LogP contribution in [0.3, 0.4) is 0 Å². The molecule has 0 aliphatic heterocycles. The second-order valence-electron chi connectivity index (χ2n) is 9.53. The predicted octanol–water partition coefficient (Wildman–Crippen LogP) is 5.98. The normalized spacial score (nSPS) is 53.0. The van der Waals surface area contributed by atoms with Crippen molar-refractivity contribution >= 4 is 0 Å². The Morgan fingerprint density at radius 3 is 2.70 bits per heavy atom. The molecule has 0 saturated heterocycles. The van der Waals surface area contributed by atoms with Gasteiger partial charge < -0.3 is 0 Å². The van der Waals surface area contributed by atoms with E-state index in [4.69, 9.17) is 0 Å². The van der Waals surface area contributed by atoms with E-state index in [0.29, 0.717) is 16.2 Å². The van der Waals surface area contributed by atoms with Crippen molar-refractivity contribution in [3.05, 3.63) is 11.6 Å². The zero-order chi connectivity index (χ0) is 14.2. The van der Waals surface area contributed by atoms with Crippen molar-refractivity contribution in [3.63, 3.8) is 0 Å². The van der Waals surface area contributed by atoms with Gasteiger partial charge >= 0.3 is 0 Å². The third-order valence-electron chi connectivity index (χ3n) is 8.56. The molecule has 3 fully saturated rings. The minimum absolute atomic E-state index is 0.584. The van der Waals surface area contributed by atoms with E-state index in [1.165, 1.54) is 51.4 Å². The van der Waals surface area contributed by atoms with Gasteiger partial charge in [-0.2, -0.15) is 0 Å². The summed E-state index contributed by atoms with van der Waals surface area (Å²) in [6, 6.07) is 0. The molecule has 0 radical (unpaired) electrons. The summed E-state index contributed by atoms with van der Waals surface area (Å²) < 4.78 is 0. The highest BCUT2D eigenvalue weighted by molar-refractivity contribution is 5.24. The minimum atomic E-state index is 0.584. The standard InChI is InChI=1S/C20H32/c1-14-8-11-20-13-15(14)12-16(20)6-7-17-18(2,3)9-5-10-19(17,20)4/h8,15-17H,5-7,9-13H2,1-4H3/t15-,16+,17+,19+,20+/m1/s1. The average molecular weight is 272 g/mol. The van der Waals surface area contributed by atoms with E-state index >= 15 is 0 Å². The fourth-order valence-corrected chi connectivity index (χ4v) is 7.49. The Morgan fingerprint density at radius 2 is 1.90 bits per heavy atom. The summed E-state index contributed by atoms with van der Waals surface area (Å²) in [4.78, 5) is 0. The second kappa shape index (κ2) is 3.93. The highest BCUT2D eigenvalue weighted by Crippen LogP contribution is 2.73. The van der Waals surface area contributed by atoms with Gasteiger partial charge in [0.1, 0.15) is 0 Å². The summed E-state index contributed by atoms with van der Waals surface area (Å²) in [6.45, 7) is 10.3. The van der Waals surface area contributed by atoms with Gasteiger partial charge in [-0.3, -0.25) is 0 Å². The molecule has 0 N–H and O–H groups in total. The number of hydrogen-bond donors (Lipinski definition) is 0. The van der Waals surface area contributed by atoms with E-state index in [1.54, 1.807) is 5.57 Å². The molecule has 0 heterocycles. The van der Waals surface area contributed by atoms with Crippen molar-refractivity contribution in [1.29, 1.82) is 0 Å². The first-order valence-electron chi connectivity index (χ1n) is 9.06. The maximum absolute atomic E-state index is 2.71. The lowest BCUT2D eigenvalue weighted by atomic mass is 9.40. The lowest BCUT2D eigenvalue weighted by molar-refractivity contribution is -0.149. The molecule has 4 rings (SSSR count). The Labute approximate surface area is 125 Å². The Hall–Kier alpha value is -0.260. The van der Waals surface area contributed by atoms with Gasteiger partial charge in [-0.05, 0) is 85.9 Å². The molecular formula is C20H32. The SMILES string of the molecule is CC1=CC[C@]23C[C@H]1C[C@@H]2CC[C@H]1C(C)(C)CCC[C@@]13C. The molecule has 0 aromatic heterocycles. The molecule has 1 spiro atoms. The third kappa shape index (κ3) is 1.44. The number of hydrogen-bond acceptors (Lipinski definition) is 0. The van der Waals surface area contributed by atoms with E-state index in [2.05, 4.69) is 33.8 Å². The summed E-state index contributed by atoms with van der Waals surface area (Å²) in [6.07, 6.45) is 14.6. The molecule has 4 aliphatic rings. The summed E-state index contributed by atoms with van der Waals surface area (Å²) in [5, 5.41) is 0.